The molecule has 0 saturated heterocycles. The Morgan fingerprint density at radius 3 is 0.857 bits per heavy atom. The van der Waals surface area contributed by atoms with Crippen molar-refractivity contribution < 1.29 is 0 Å². The van der Waals surface area contributed by atoms with Crippen LogP contribution < -0.4 is 0 Å². The molecule has 0 saturated carbocycles. The Hall–Kier alpha value is 0.290. The van der Waals surface area contributed by atoms with Crippen molar-refractivity contribution >= 4 is 12.4 Å². The summed E-state index contributed by atoms with van der Waals surface area (Å²) in [5, 5.41) is 0. The Balaban J connectivity index is 0. The van der Waals surface area contributed by atoms with E-state index < -0.39 is 0 Å². The summed E-state index contributed by atoms with van der Waals surface area (Å²) in [4.78, 5) is 0. The highest BCUT2D eigenvalue weighted by atomic mass is 35.5. The van der Waals surface area contributed by atoms with E-state index in [1.807, 2.05) is 0 Å². The average molecular weight is 123 g/mol. The van der Waals surface area contributed by atoms with E-state index in [1.165, 1.54) is 0 Å². The van der Waals surface area contributed by atoms with Gasteiger partial charge in [-0.05, 0) is 11.8 Å². The van der Waals surface area contributed by atoms with E-state index in [2.05, 4.69) is 27.7 Å². The van der Waals surface area contributed by atoms with E-state index in [1.54, 1.807) is 0 Å². The Kier molecular flexibility index (Phi) is 6.55. The fourth-order valence-electron chi connectivity index (χ4n) is 0. The second-order valence-electron chi connectivity index (χ2n) is 2.49. The highest BCUT2D eigenvalue weighted by Crippen LogP contribution is 2.05. The van der Waals surface area contributed by atoms with Gasteiger partial charge in [0.2, 0.25) is 0 Å². The van der Waals surface area contributed by atoms with Crippen molar-refractivity contribution in [1.29, 1.82) is 0 Å². The van der Waals surface area contributed by atoms with Crippen molar-refractivity contribution in [3.63, 3.8) is 0 Å². The molecule has 0 nitrogen and oxygen atoms in total. The van der Waals surface area contributed by atoms with Gasteiger partial charge < -0.3 is 0 Å². The van der Waals surface area contributed by atoms with Crippen molar-refractivity contribution in [3.05, 3.63) is 0 Å². The molecule has 0 spiro atoms. The molecule has 0 aliphatic carbocycles. The van der Waals surface area contributed by atoms with E-state index in [0.717, 1.165) is 11.8 Å². The topological polar surface area (TPSA) is 0 Å². The van der Waals surface area contributed by atoms with E-state index >= 15 is 0 Å². The molecule has 0 aromatic rings. The molecule has 0 bridgehead atoms. The second-order valence-corrected chi connectivity index (χ2v) is 2.49. The molecule has 0 atom stereocenters. The van der Waals surface area contributed by atoms with Crippen LogP contribution in [0.5, 0.6) is 0 Å². The lowest BCUT2D eigenvalue weighted by molar-refractivity contribution is 0.457. The maximum atomic E-state index is 2.24. The third-order valence-electron chi connectivity index (χ3n) is 1.33. The number of rotatable bonds is 1. The van der Waals surface area contributed by atoms with Gasteiger partial charge in [0.25, 0.3) is 0 Å². The van der Waals surface area contributed by atoms with Crippen LogP contribution >= 0.6 is 12.4 Å². The molecule has 46 valence electrons. The first-order chi connectivity index (χ1) is 2.64. The number of halogens is 1. The van der Waals surface area contributed by atoms with Crippen LogP contribution in [0.15, 0.2) is 0 Å². The van der Waals surface area contributed by atoms with Gasteiger partial charge in [0, 0.05) is 0 Å². The fraction of sp³-hybridized carbons (Fsp3) is 1.00. The van der Waals surface area contributed by atoms with Crippen LogP contribution in [0.2, 0.25) is 0 Å². The van der Waals surface area contributed by atoms with Gasteiger partial charge in [-0.25, -0.2) is 0 Å². The van der Waals surface area contributed by atoms with E-state index in [-0.39, 0.29) is 12.4 Å². The molecule has 0 aliphatic heterocycles. The molecular formula is C6H15Cl. The van der Waals surface area contributed by atoms with Crippen molar-refractivity contribution in [2.24, 2.45) is 11.8 Å². The highest BCUT2D eigenvalue weighted by molar-refractivity contribution is 5.85. The zero-order valence-electron chi connectivity index (χ0n) is 5.56. The fourth-order valence-corrected chi connectivity index (χ4v) is 0. The van der Waals surface area contributed by atoms with Gasteiger partial charge in [0.15, 0.2) is 0 Å². The molecule has 0 radical (unpaired) electrons. The highest BCUT2D eigenvalue weighted by Gasteiger charge is 1.95. The Morgan fingerprint density at radius 1 is 0.714 bits per heavy atom. The zero-order chi connectivity index (χ0) is 5.15. The normalized spacial score (nSPS) is 9.43. The minimum Gasteiger partial charge on any atom is -0.147 e. The summed E-state index contributed by atoms with van der Waals surface area (Å²) in [6.45, 7) is 8.96. The van der Waals surface area contributed by atoms with Gasteiger partial charge in [0.1, 0.15) is 0 Å². The molecule has 0 aromatic heterocycles. The molecule has 7 heavy (non-hydrogen) atoms. The summed E-state index contributed by atoms with van der Waals surface area (Å²) in [7, 11) is 0. The lowest BCUT2D eigenvalue weighted by Gasteiger charge is -2.05. The molecule has 0 aliphatic rings. The van der Waals surface area contributed by atoms with Crippen molar-refractivity contribution in [1.82, 2.24) is 0 Å². The summed E-state index contributed by atoms with van der Waals surface area (Å²) in [5.74, 6) is 1.70. The summed E-state index contributed by atoms with van der Waals surface area (Å²) in [5.41, 5.74) is 0. The summed E-state index contributed by atoms with van der Waals surface area (Å²) >= 11 is 0. The second kappa shape index (κ2) is 4.45. The molecule has 0 heterocycles. The molecule has 0 aromatic carbocycles. The monoisotopic (exact) mass is 122 g/mol. The first-order valence-electron chi connectivity index (χ1n) is 2.64. The maximum Gasteiger partial charge on any atom is -0.0448 e. The third kappa shape index (κ3) is 6.29. The molecular weight excluding hydrogens is 108 g/mol. The van der Waals surface area contributed by atoms with Crippen molar-refractivity contribution in [3.8, 4) is 0 Å². The smallest absolute Gasteiger partial charge is 0.0448 e. The SMILES string of the molecule is CC(C)C(C)C.Cl. The Bertz CT molecular complexity index is 25.2. The van der Waals surface area contributed by atoms with Crippen LogP contribution in [-0.4, -0.2) is 0 Å². The van der Waals surface area contributed by atoms with E-state index in [4.69, 9.17) is 0 Å². The maximum absolute atomic E-state index is 2.24. The quantitative estimate of drug-likeness (QED) is 0.502. The van der Waals surface area contributed by atoms with Crippen LogP contribution in [0, 0.1) is 11.8 Å². The van der Waals surface area contributed by atoms with Gasteiger partial charge in [-0.15, -0.1) is 12.4 Å². The average Bonchev–Trinajstić information content (AvgIpc) is 1.36. The third-order valence-corrected chi connectivity index (χ3v) is 1.33. The van der Waals surface area contributed by atoms with Crippen molar-refractivity contribution in [2.45, 2.75) is 27.7 Å². The first kappa shape index (κ1) is 10.3. The number of hydrogen-bond acceptors (Lipinski definition) is 0. The minimum atomic E-state index is 0. The van der Waals surface area contributed by atoms with Gasteiger partial charge >= 0.3 is 0 Å². The van der Waals surface area contributed by atoms with Gasteiger partial charge in [-0.2, -0.15) is 0 Å². The van der Waals surface area contributed by atoms with Gasteiger partial charge in [-0.1, -0.05) is 27.7 Å². The molecule has 0 N–H and O–H groups in total. The number of hydrogen-bond donors (Lipinski definition) is 0. The first-order valence-corrected chi connectivity index (χ1v) is 2.64. The Labute approximate surface area is 52.7 Å². The molecule has 1 heteroatoms. The van der Waals surface area contributed by atoms with E-state index in [9.17, 15) is 0 Å². The van der Waals surface area contributed by atoms with Gasteiger partial charge in [0.05, 0.1) is 0 Å². The van der Waals surface area contributed by atoms with Crippen LogP contribution in [0.3, 0.4) is 0 Å². The van der Waals surface area contributed by atoms with Crippen LogP contribution in [0.25, 0.3) is 0 Å². The minimum absolute atomic E-state index is 0. The molecule has 0 amide bonds. The van der Waals surface area contributed by atoms with E-state index in [0.29, 0.717) is 0 Å². The molecule has 0 fully saturated rings. The zero-order valence-corrected chi connectivity index (χ0v) is 6.38. The summed E-state index contributed by atoms with van der Waals surface area (Å²) in [6, 6.07) is 0. The van der Waals surface area contributed by atoms with Crippen LogP contribution in [-0.2, 0) is 0 Å². The molecule has 0 unspecified atom stereocenters. The van der Waals surface area contributed by atoms with Crippen LogP contribution in [0.1, 0.15) is 27.7 Å². The standard InChI is InChI=1S/C6H14.ClH/c1-5(2)6(3)4;/h5-6H,1-4H3;1H. The Morgan fingerprint density at radius 2 is 0.857 bits per heavy atom. The molecule has 0 rings (SSSR count). The largest absolute Gasteiger partial charge is 0.147 e. The predicted molar refractivity (Wildman–Crippen MR) is 36.9 cm³/mol. The summed E-state index contributed by atoms with van der Waals surface area (Å²) in [6.07, 6.45) is 0. The van der Waals surface area contributed by atoms with Crippen molar-refractivity contribution in [2.75, 3.05) is 0 Å². The predicted octanol–water partition coefficient (Wildman–Crippen LogP) is 2.72. The summed E-state index contributed by atoms with van der Waals surface area (Å²) < 4.78 is 0. The van der Waals surface area contributed by atoms with Gasteiger partial charge in [-0.3, -0.25) is 0 Å². The van der Waals surface area contributed by atoms with Crippen LogP contribution in [0.4, 0.5) is 0 Å². The lowest BCUT2D eigenvalue weighted by atomic mass is 10.0. The lowest BCUT2D eigenvalue weighted by Crippen LogP contribution is -1.95.